The lowest BCUT2D eigenvalue weighted by atomic mass is 9.94. The maximum atomic E-state index is 12.8. The van der Waals surface area contributed by atoms with Crippen molar-refractivity contribution in [3.05, 3.63) is 34.3 Å². The van der Waals surface area contributed by atoms with E-state index in [1.165, 1.54) is 4.31 Å². The summed E-state index contributed by atoms with van der Waals surface area (Å²) in [6.45, 7) is 5.01. The molecule has 4 rings (SSSR count). The third kappa shape index (κ3) is 4.88. The number of fused-ring (bicyclic) bond motifs is 1. The summed E-state index contributed by atoms with van der Waals surface area (Å²) < 4.78 is 27.1. The molecule has 1 unspecified atom stereocenters. The van der Waals surface area contributed by atoms with Gasteiger partial charge in [0.1, 0.15) is 6.17 Å². The van der Waals surface area contributed by atoms with E-state index >= 15 is 0 Å². The quantitative estimate of drug-likeness (QED) is 0.741. The van der Waals surface area contributed by atoms with Crippen LogP contribution in [0.1, 0.15) is 37.3 Å². The summed E-state index contributed by atoms with van der Waals surface area (Å²) in [6.07, 6.45) is 2.65. The highest BCUT2D eigenvalue weighted by atomic mass is 35.5. The molecule has 0 aliphatic carbocycles. The number of halogens is 1. The van der Waals surface area contributed by atoms with Gasteiger partial charge in [0.2, 0.25) is 15.9 Å². The fourth-order valence-corrected chi connectivity index (χ4v) is 6.14. The molecule has 1 fully saturated rings. The van der Waals surface area contributed by atoms with Crippen LogP contribution in [0.5, 0.6) is 0 Å². The number of nitrogens with one attached hydrogen (secondary N) is 1. The van der Waals surface area contributed by atoms with Crippen LogP contribution < -0.4 is 5.32 Å². The summed E-state index contributed by atoms with van der Waals surface area (Å²) >= 11 is 6.03. The summed E-state index contributed by atoms with van der Waals surface area (Å²) in [5, 5.41) is 4.08. The Balaban J connectivity index is 1.27. The van der Waals surface area contributed by atoms with Gasteiger partial charge < -0.3 is 4.90 Å². The molecule has 0 saturated carbocycles. The molecule has 1 atom stereocenters. The normalized spacial score (nSPS) is 23.3. The summed E-state index contributed by atoms with van der Waals surface area (Å²) in [7, 11) is -3.47. The van der Waals surface area contributed by atoms with E-state index in [1.54, 1.807) is 6.07 Å². The molecule has 9 heteroatoms. The van der Waals surface area contributed by atoms with Crippen molar-refractivity contribution in [3.8, 4) is 0 Å². The number of piperidine rings is 1. The van der Waals surface area contributed by atoms with Crippen molar-refractivity contribution < 1.29 is 13.2 Å². The Hall–Kier alpha value is -1.48. The molecule has 164 valence electrons. The van der Waals surface area contributed by atoms with Crippen LogP contribution in [0.4, 0.5) is 0 Å². The number of sulfonamides is 1. The fourth-order valence-electron chi connectivity index (χ4n) is 4.55. The zero-order valence-electron chi connectivity index (χ0n) is 17.3. The van der Waals surface area contributed by atoms with Crippen LogP contribution in [0.15, 0.2) is 23.2 Å². The smallest absolute Gasteiger partial charge is 0.223 e. The first-order valence-corrected chi connectivity index (χ1v) is 12.6. The highest BCUT2D eigenvalue weighted by Gasteiger charge is 2.31. The molecule has 0 aromatic heterocycles. The molecule has 0 radical (unpaired) electrons. The lowest BCUT2D eigenvalue weighted by molar-refractivity contribution is -0.132. The van der Waals surface area contributed by atoms with Crippen molar-refractivity contribution in [1.82, 2.24) is 14.5 Å². The van der Waals surface area contributed by atoms with Gasteiger partial charge in [-0.3, -0.25) is 15.1 Å². The first-order chi connectivity index (χ1) is 14.3. The van der Waals surface area contributed by atoms with E-state index in [0.717, 1.165) is 36.2 Å². The average molecular weight is 453 g/mol. The van der Waals surface area contributed by atoms with Crippen LogP contribution in [-0.2, 0) is 27.8 Å². The maximum absolute atomic E-state index is 12.8. The van der Waals surface area contributed by atoms with Gasteiger partial charge in [-0.2, -0.15) is 4.31 Å². The second kappa shape index (κ2) is 8.94. The summed E-state index contributed by atoms with van der Waals surface area (Å²) in [5.74, 6) is 0.236. The molecule has 3 aliphatic rings. The minimum Gasteiger partial charge on any atom is -0.343 e. The predicted octanol–water partition coefficient (Wildman–Crippen LogP) is 2.05. The molecule has 0 spiro atoms. The zero-order valence-corrected chi connectivity index (χ0v) is 18.9. The molecule has 3 aliphatic heterocycles. The van der Waals surface area contributed by atoms with Gasteiger partial charge in [0.15, 0.2) is 0 Å². The first-order valence-electron chi connectivity index (χ1n) is 10.6. The van der Waals surface area contributed by atoms with Crippen molar-refractivity contribution in [3.63, 3.8) is 0 Å². The summed E-state index contributed by atoms with van der Waals surface area (Å²) in [4.78, 5) is 19.1. The number of benzene rings is 1. The molecule has 1 aromatic carbocycles. The fraction of sp³-hybridized carbons (Fsp3) is 0.619. The number of amides is 1. The minimum absolute atomic E-state index is 0.0376. The standard InChI is InChI=1S/C21H29ClN4O3S/c1-15-13-23-21(24-15)16-4-8-25(9-5-16)20(27)7-11-30(28,29)26-10-6-17-12-19(22)3-2-18(17)14-26/h2-3,12,16,21,23H,4-11,13-14H2,1H3. The largest absolute Gasteiger partial charge is 0.343 e. The van der Waals surface area contributed by atoms with Crippen LogP contribution >= 0.6 is 11.6 Å². The van der Waals surface area contributed by atoms with Crippen LogP contribution in [0.25, 0.3) is 0 Å². The lowest BCUT2D eigenvalue weighted by Gasteiger charge is -2.34. The molecule has 1 amide bonds. The van der Waals surface area contributed by atoms with E-state index in [1.807, 2.05) is 24.0 Å². The van der Waals surface area contributed by atoms with E-state index in [0.29, 0.717) is 43.5 Å². The summed E-state index contributed by atoms with van der Waals surface area (Å²) in [6, 6.07) is 5.58. The van der Waals surface area contributed by atoms with Gasteiger partial charge in [-0.05, 0) is 55.4 Å². The molecule has 1 N–H and O–H groups in total. The van der Waals surface area contributed by atoms with Crippen LogP contribution in [0.3, 0.4) is 0 Å². The highest BCUT2D eigenvalue weighted by Crippen LogP contribution is 2.26. The Morgan fingerprint density at radius 3 is 2.70 bits per heavy atom. The third-order valence-corrected chi connectivity index (χ3v) is 8.43. The lowest BCUT2D eigenvalue weighted by Crippen LogP contribution is -2.44. The highest BCUT2D eigenvalue weighted by molar-refractivity contribution is 7.89. The van der Waals surface area contributed by atoms with Crippen molar-refractivity contribution >= 4 is 33.2 Å². The predicted molar refractivity (Wildman–Crippen MR) is 118 cm³/mol. The van der Waals surface area contributed by atoms with Crippen molar-refractivity contribution in [2.24, 2.45) is 10.9 Å². The van der Waals surface area contributed by atoms with Gasteiger partial charge in [0.25, 0.3) is 0 Å². The second-order valence-corrected chi connectivity index (χ2v) is 11.0. The van der Waals surface area contributed by atoms with Crippen molar-refractivity contribution in [1.29, 1.82) is 0 Å². The topological polar surface area (TPSA) is 82.1 Å². The second-order valence-electron chi connectivity index (χ2n) is 8.47. The Labute approximate surface area is 183 Å². The molecule has 3 heterocycles. The van der Waals surface area contributed by atoms with Crippen LogP contribution in [0, 0.1) is 5.92 Å². The number of carbonyl (C=O) groups excluding carboxylic acids is 1. The van der Waals surface area contributed by atoms with E-state index in [-0.39, 0.29) is 24.2 Å². The average Bonchev–Trinajstić information content (AvgIpc) is 3.18. The Bertz CT molecular complexity index is 942. The molecule has 7 nitrogen and oxygen atoms in total. The Kier molecular flexibility index (Phi) is 6.48. The van der Waals surface area contributed by atoms with E-state index < -0.39 is 10.0 Å². The maximum Gasteiger partial charge on any atom is 0.223 e. The number of nitrogens with zero attached hydrogens (tertiary/aromatic N) is 3. The van der Waals surface area contributed by atoms with Gasteiger partial charge >= 0.3 is 0 Å². The minimum atomic E-state index is -3.47. The van der Waals surface area contributed by atoms with E-state index in [4.69, 9.17) is 11.6 Å². The SMILES string of the molecule is CC1=NC(C2CCN(C(=O)CCS(=O)(=O)N3CCc4cc(Cl)ccc4C3)CC2)NC1. The van der Waals surface area contributed by atoms with Gasteiger partial charge in [0.05, 0.1) is 5.75 Å². The number of hydrogen-bond donors (Lipinski definition) is 1. The number of aliphatic imine (C=N–C) groups is 1. The number of rotatable bonds is 5. The first kappa shape index (κ1) is 21.7. The number of carbonyl (C=O) groups is 1. The van der Waals surface area contributed by atoms with Crippen LogP contribution in [-0.4, -0.2) is 67.3 Å². The number of hydrogen-bond acceptors (Lipinski definition) is 5. The summed E-state index contributed by atoms with van der Waals surface area (Å²) in [5.41, 5.74) is 3.22. The van der Waals surface area contributed by atoms with E-state index in [2.05, 4.69) is 10.3 Å². The van der Waals surface area contributed by atoms with E-state index in [9.17, 15) is 13.2 Å². The van der Waals surface area contributed by atoms with Crippen LogP contribution in [0.2, 0.25) is 5.02 Å². The molecular weight excluding hydrogens is 424 g/mol. The molecule has 0 bridgehead atoms. The van der Waals surface area contributed by atoms with Gasteiger partial charge in [-0.15, -0.1) is 0 Å². The van der Waals surface area contributed by atoms with Gasteiger partial charge in [0, 0.05) is 49.9 Å². The third-order valence-electron chi connectivity index (χ3n) is 6.38. The Morgan fingerprint density at radius 1 is 1.23 bits per heavy atom. The molecule has 1 saturated heterocycles. The molecule has 1 aromatic rings. The molecule has 30 heavy (non-hydrogen) atoms. The molecular formula is C21H29ClN4O3S. The van der Waals surface area contributed by atoms with Crippen molar-refractivity contribution in [2.75, 3.05) is 31.9 Å². The Morgan fingerprint density at radius 2 is 2.00 bits per heavy atom. The van der Waals surface area contributed by atoms with Crippen molar-refractivity contribution in [2.45, 2.75) is 45.3 Å². The monoisotopic (exact) mass is 452 g/mol. The zero-order chi connectivity index (χ0) is 21.3. The van der Waals surface area contributed by atoms with Gasteiger partial charge in [-0.25, -0.2) is 8.42 Å². The van der Waals surface area contributed by atoms with Gasteiger partial charge in [-0.1, -0.05) is 17.7 Å². The number of likely N-dealkylation sites (tertiary alicyclic amines) is 1.